The van der Waals surface area contributed by atoms with Gasteiger partial charge >= 0.3 is 0 Å². The summed E-state index contributed by atoms with van der Waals surface area (Å²) in [7, 11) is 0. The third-order valence-corrected chi connectivity index (χ3v) is 4.57. The van der Waals surface area contributed by atoms with Crippen LogP contribution in [0.15, 0.2) is 48.5 Å². The molecule has 0 atom stereocenters. The number of fused-ring (bicyclic) bond motifs is 7. The largest absolute Gasteiger partial charge is 0.485 e. The summed E-state index contributed by atoms with van der Waals surface area (Å²) in [5.74, 6) is 0.830. The second-order valence-corrected chi connectivity index (χ2v) is 5.67. The van der Waals surface area contributed by atoms with Gasteiger partial charge in [0.2, 0.25) is 5.78 Å². The predicted molar refractivity (Wildman–Crippen MR) is 82.0 cm³/mol. The molecule has 21 heavy (non-hydrogen) atoms. The lowest BCUT2D eigenvalue weighted by molar-refractivity contribution is 0.0962. The van der Waals surface area contributed by atoms with Crippen LogP contribution in [0.5, 0.6) is 5.75 Å². The Morgan fingerprint density at radius 3 is 2.71 bits per heavy atom. The maximum absolute atomic E-state index is 12.2. The summed E-state index contributed by atoms with van der Waals surface area (Å²) in [5, 5.41) is 2.21. The van der Waals surface area contributed by atoms with E-state index in [1.54, 1.807) is 0 Å². The Morgan fingerprint density at radius 1 is 0.905 bits per heavy atom. The van der Waals surface area contributed by atoms with E-state index in [1.807, 2.05) is 6.07 Å². The molecule has 0 spiro atoms. The van der Waals surface area contributed by atoms with Gasteiger partial charge in [-0.05, 0) is 40.1 Å². The first-order valence-corrected chi connectivity index (χ1v) is 7.16. The van der Waals surface area contributed by atoms with Crippen LogP contribution in [0.1, 0.15) is 21.5 Å². The van der Waals surface area contributed by atoms with Crippen molar-refractivity contribution in [2.24, 2.45) is 0 Å². The van der Waals surface area contributed by atoms with Crippen molar-refractivity contribution in [3.8, 4) is 16.9 Å². The summed E-state index contributed by atoms with van der Waals surface area (Å²) in [5.41, 5.74) is 5.93. The van der Waals surface area contributed by atoms with Gasteiger partial charge in [-0.1, -0.05) is 42.5 Å². The van der Waals surface area contributed by atoms with Gasteiger partial charge in [-0.3, -0.25) is 4.79 Å². The first-order chi connectivity index (χ1) is 10.3. The molecule has 0 unspecified atom stereocenters. The van der Waals surface area contributed by atoms with Crippen LogP contribution in [-0.4, -0.2) is 12.4 Å². The van der Waals surface area contributed by atoms with Crippen molar-refractivity contribution in [1.29, 1.82) is 0 Å². The van der Waals surface area contributed by atoms with Crippen molar-refractivity contribution < 1.29 is 9.53 Å². The minimum absolute atomic E-state index is 0.0972. The van der Waals surface area contributed by atoms with Crippen LogP contribution >= 0.6 is 0 Å². The summed E-state index contributed by atoms with van der Waals surface area (Å²) >= 11 is 0. The number of hydrogen-bond donors (Lipinski definition) is 0. The summed E-state index contributed by atoms with van der Waals surface area (Å²) in [6, 6.07) is 16.7. The number of ketones is 1. The Morgan fingerprint density at radius 2 is 1.76 bits per heavy atom. The standard InChI is InChI=1S/C19H12O2/c20-16-10-21-17-8-6-11-5-7-14-13-4-2-1-3-12(13)9-15(14)18(11)19(16)17/h1-8H,9-10H2. The Bertz CT molecular complexity index is 938. The minimum Gasteiger partial charge on any atom is -0.485 e. The SMILES string of the molecule is O=C1COc2ccc3ccc4c(c3c21)Cc1ccccc1-4. The molecule has 0 N–H and O–H groups in total. The molecule has 100 valence electrons. The van der Waals surface area contributed by atoms with Crippen LogP contribution in [-0.2, 0) is 6.42 Å². The molecular formula is C19H12O2. The van der Waals surface area contributed by atoms with E-state index in [2.05, 4.69) is 42.5 Å². The molecule has 3 aromatic carbocycles. The molecule has 0 fully saturated rings. The molecule has 0 saturated heterocycles. The van der Waals surface area contributed by atoms with Gasteiger partial charge in [-0.25, -0.2) is 0 Å². The van der Waals surface area contributed by atoms with E-state index < -0.39 is 0 Å². The number of Topliss-reactive ketones (excluding diaryl/α,β-unsaturated/α-hetero) is 1. The second-order valence-electron chi connectivity index (χ2n) is 5.67. The predicted octanol–water partition coefficient (Wildman–Crippen LogP) is 3.99. The van der Waals surface area contributed by atoms with Crippen LogP contribution in [0, 0.1) is 0 Å². The molecule has 2 nitrogen and oxygen atoms in total. The van der Waals surface area contributed by atoms with Crippen molar-refractivity contribution in [2.75, 3.05) is 6.61 Å². The zero-order chi connectivity index (χ0) is 14.0. The van der Waals surface area contributed by atoms with E-state index in [0.717, 1.165) is 28.5 Å². The molecule has 0 radical (unpaired) electrons. The molecule has 5 rings (SSSR count). The van der Waals surface area contributed by atoms with Gasteiger partial charge in [0.15, 0.2) is 6.61 Å². The Hall–Kier alpha value is -2.61. The van der Waals surface area contributed by atoms with Crippen molar-refractivity contribution >= 4 is 16.6 Å². The summed E-state index contributed by atoms with van der Waals surface area (Å²) in [6.45, 7) is 0.172. The van der Waals surface area contributed by atoms with Crippen LogP contribution in [0.2, 0.25) is 0 Å². The summed E-state index contributed by atoms with van der Waals surface area (Å²) in [6.07, 6.45) is 0.895. The van der Waals surface area contributed by atoms with E-state index in [4.69, 9.17) is 4.74 Å². The second kappa shape index (κ2) is 3.73. The molecule has 2 aliphatic rings. The highest BCUT2D eigenvalue weighted by atomic mass is 16.5. The van der Waals surface area contributed by atoms with E-state index in [-0.39, 0.29) is 12.4 Å². The van der Waals surface area contributed by atoms with Crippen LogP contribution < -0.4 is 4.74 Å². The molecule has 2 heteroatoms. The number of rotatable bonds is 0. The fraction of sp³-hybridized carbons (Fsp3) is 0.105. The summed E-state index contributed by atoms with van der Waals surface area (Å²) < 4.78 is 5.51. The quantitative estimate of drug-likeness (QED) is 0.484. The number of carbonyl (C=O) groups excluding carboxylic acids is 1. The van der Waals surface area contributed by atoms with E-state index in [1.165, 1.54) is 22.3 Å². The smallest absolute Gasteiger partial charge is 0.204 e. The molecule has 0 bridgehead atoms. The topological polar surface area (TPSA) is 26.3 Å². The first-order valence-electron chi connectivity index (χ1n) is 7.16. The Labute approximate surface area is 122 Å². The fourth-order valence-electron chi connectivity index (χ4n) is 3.65. The van der Waals surface area contributed by atoms with Crippen LogP contribution in [0.25, 0.3) is 21.9 Å². The highest BCUT2D eigenvalue weighted by molar-refractivity contribution is 6.15. The Kier molecular flexibility index (Phi) is 1.97. The van der Waals surface area contributed by atoms with Crippen molar-refractivity contribution in [3.05, 3.63) is 65.2 Å². The third kappa shape index (κ3) is 1.34. The lowest BCUT2D eigenvalue weighted by Gasteiger charge is -2.09. The van der Waals surface area contributed by atoms with Gasteiger partial charge in [0.25, 0.3) is 0 Å². The van der Waals surface area contributed by atoms with Crippen LogP contribution in [0.4, 0.5) is 0 Å². The number of ether oxygens (including phenoxy) is 1. The third-order valence-electron chi connectivity index (χ3n) is 4.57. The maximum atomic E-state index is 12.2. The molecule has 3 aromatic rings. The van der Waals surface area contributed by atoms with E-state index >= 15 is 0 Å². The fourth-order valence-corrected chi connectivity index (χ4v) is 3.65. The molecular weight excluding hydrogens is 260 g/mol. The van der Waals surface area contributed by atoms with Gasteiger partial charge in [0.1, 0.15) is 5.75 Å². The molecule has 0 aromatic heterocycles. The van der Waals surface area contributed by atoms with E-state index in [0.29, 0.717) is 0 Å². The van der Waals surface area contributed by atoms with Crippen molar-refractivity contribution in [2.45, 2.75) is 6.42 Å². The van der Waals surface area contributed by atoms with Gasteiger partial charge < -0.3 is 4.74 Å². The van der Waals surface area contributed by atoms with Crippen LogP contribution in [0.3, 0.4) is 0 Å². The zero-order valence-corrected chi connectivity index (χ0v) is 11.3. The minimum atomic E-state index is 0.0972. The van der Waals surface area contributed by atoms with Gasteiger partial charge in [0.05, 0.1) is 5.56 Å². The number of hydrogen-bond acceptors (Lipinski definition) is 2. The maximum Gasteiger partial charge on any atom is 0.204 e. The molecule has 1 aliphatic heterocycles. The first kappa shape index (κ1) is 11.1. The average Bonchev–Trinajstić information content (AvgIpc) is 3.08. The molecule has 0 saturated carbocycles. The van der Waals surface area contributed by atoms with Gasteiger partial charge in [-0.2, -0.15) is 0 Å². The lowest BCUT2D eigenvalue weighted by Crippen LogP contribution is -2.00. The van der Waals surface area contributed by atoms with Crippen molar-refractivity contribution in [3.63, 3.8) is 0 Å². The molecule has 1 heterocycles. The van der Waals surface area contributed by atoms with Gasteiger partial charge in [0, 0.05) is 5.39 Å². The Balaban J connectivity index is 1.93. The summed E-state index contributed by atoms with van der Waals surface area (Å²) in [4.78, 5) is 12.2. The highest BCUT2D eigenvalue weighted by Crippen LogP contribution is 2.43. The number of carbonyl (C=O) groups is 1. The molecule has 1 aliphatic carbocycles. The monoisotopic (exact) mass is 272 g/mol. The van der Waals surface area contributed by atoms with Crippen molar-refractivity contribution in [1.82, 2.24) is 0 Å². The van der Waals surface area contributed by atoms with E-state index in [9.17, 15) is 4.79 Å². The highest BCUT2D eigenvalue weighted by Gasteiger charge is 2.28. The molecule has 0 amide bonds. The normalized spacial score (nSPS) is 14.8. The zero-order valence-electron chi connectivity index (χ0n) is 11.3. The van der Waals surface area contributed by atoms with Gasteiger partial charge in [-0.15, -0.1) is 0 Å². The lowest BCUT2D eigenvalue weighted by atomic mass is 9.94. The average molecular weight is 272 g/mol. The number of benzene rings is 3.